The quantitative estimate of drug-likeness (QED) is 0.526. The summed E-state index contributed by atoms with van der Waals surface area (Å²) in [7, 11) is 0. The molecule has 0 aliphatic carbocycles. The average molecular weight is 463 g/mol. The monoisotopic (exact) mass is 463 g/mol. The van der Waals surface area contributed by atoms with Crippen molar-refractivity contribution in [1.82, 2.24) is 5.32 Å². The molecule has 0 aliphatic rings. The van der Waals surface area contributed by atoms with Crippen molar-refractivity contribution in [3.05, 3.63) is 0 Å². The molecule has 0 aliphatic heterocycles. The Hall–Kier alpha value is -1.29. The largest absolute Gasteiger partial charge is 0.426 e. The Bertz CT molecular complexity index is 449. The molecule has 0 radical (unpaired) electrons. The van der Waals surface area contributed by atoms with Gasteiger partial charge in [0.2, 0.25) is 0 Å². The number of hydrogen-bond donors (Lipinski definition) is 3. The van der Waals surface area contributed by atoms with Crippen LogP contribution in [0, 0.1) is 0 Å². The van der Waals surface area contributed by atoms with E-state index in [-0.39, 0.29) is 0 Å². The van der Waals surface area contributed by atoms with Crippen LogP contribution in [0.2, 0.25) is 0 Å². The van der Waals surface area contributed by atoms with E-state index < -0.39 is 54.5 Å². The number of ketones is 1. The van der Waals surface area contributed by atoms with Crippen LogP contribution in [0.25, 0.3) is 0 Å². The summed E-state index contributed by atoms with van der Waals surface area (Å²) >= 11 is 0. The number of rotatable bonds is 6. The van der Waals surface area contributed by atoms with Crippen LogP contribution in [0.3, 0.4) is 0 Å². The lowest BCUT2D eigenvalue weighted by atomic mass is 9.88. The SMILES string of the molecule is CCNCC.O=C(CC(O)(C(F)(F)F)C(F)(F)F)CC(O)(C(F)(F)F)C(F)(F)F. The summed E-state index contributed by atoms with van der Waals surface area (Å²) in [6, 6.07) is 0. The molecule has 0 fully saturated rings. The van der Waals surface area contributed by atoms with Gasteiger partial charge in [-0.15, -0.1) is 0 Å². The van der Waals surface area contributed by atoms with Gasteiger partial charge in [-0.1, -0.05) is 13.8 Å². The Balaban J connectivity index is 0. The smallest absolute Gasteiger partial charge is 0.373 e. The molecule has 4 nitrogen and oxygen atoms in total. The van der Waals surface area contributed by atoms with E-state index in [4.69, 9.17) is 10.2 Å². The molecule has 0 aromatic carbocycles. The standard InChI is InChI=1S/C9H6F12O3.C4H11N/c10-6(11,12)4(23,7(13,14)15)1-3(22)2-5(24,8(16,17)18)9(19,20)21;1-3-5-4-2/h23-24H,1-2H2;5H,3-4H2,1-2H3. The van der Waals surface area contributed by atoms with Crippen molar-refractivity contribution in [2.24, 2.45) is 0 Å². The fraction of sp³-hybridized carbons (Fsp3) is 0.923. The van der Waals surface area contributed by atoms with E-state index in [1.165, 1.54) is 0 Å². The van der Waals surface area contributed by atoms with Crippen molar-refractivity contribution in [3.63, 3.8) is 0 Å². The van der Waals surface area contributed by atoms with Gasteiger partial charge in [0.1, 0.15) is 5.78 Å². The van der Waals surface area contributed by atoms with Gasteiger partial charge in [-0.05, 0) is 13.1 Å². The topological polar surface area (TPSA) is 69.6 Å². The lowest BCUT2D eigenvalue weighted by molar-refractivity contribution is -0.372. The number of Topliss-reactive ketones (excluding diaryl/α,β-unsaturated/α-hetero) is 1. The highest BCUT2D eigenvalue weighted by molar-refractivity contribution is 5.81. The van der Waals surface area contributed by atoms with Gasteiger partial charge >= 0.3 is 24.7 Å². The zero-order valence-electron chi connectivity index (χ0n) is 14.7. The number of hydrogen-bond acceptors (Lipinski definition) is 4. The summed E-state index contributed by atoms with van der Waals surface area (Å²) in [4.78, 5) is 10.9. The van der Waals surface area contributed by atoms with Gasteiger partial charge in [0.15, 0.2) is 0 Å². The molecule has 0 amide bonds. The van der Waals surface area contributed by atoms with Gasteiger partial charge in [-0.3, -0.25) is 4.79 Å². The van der Waals surface area contributed by atoms with Gasteiger partial charge in [0.25, 0.3) is 11.2 Å². The highest BCUT2D eigenvalue weighted by Gasteiger charge is 2.74. The molecule has 29 heavy (non-hydrogen) atoms. The fourth-order valence-corrected chi connectivity index (χ4v) is 1.61. The van der Waals surface area contributed by atoms with Crippen LogP contribution >= 0.6 is 0 Å². The Labute approximate surface area is 155 Å². The molecule has 0 heterocycles. The highest BCUT2D eigenvalue weighted by Crippen LogP contribution is 2.48. The summed E-state index contributed by atoms with van der Waals surface area (Å²) in [5.41, 5.74) is -11.8. The minimum absolute atomic E-state index is 1.09. The number of carbonyl (C=O) groups is 1. The first kappa shape index (κ1) is 29.9. The lowest BCUT2D eigenvalue weighted by Gasteiger charge is -2.34. The first-order valence-electron chi connectivity index (χ1n) is 7.45. The van der Waals surface area contributed by atoms with Crippen LogP contribution in [-0.4, -0.2) is 65.0 Å². The van der Waals surface area contributed by atoms with Crippen LogP contribution in [0.15, 0.2) is 0 Å². The van der Waals surface area contributed by atoms with Crippen LogP contribution in [0.5, 0.6) is 0 Å². The third-order valence-corrected chi connectivity index (χ3v) is 3.28. The minimum Gasteiger partial charge on any atom is -0.373 e. The minimum atomic E-state index is -6.63. The second-order valence-electron chi connectivity index (χ2n) is 5.56. The van der Waals surface area contributed by atoms with Crippen molar-refractivity contribution in [2.45, 2.75) is 62.6 Å². The fourth-order valence-electron chi connectivity index (χ4n) is 1.61. The van der Waals surface area contributed by atoms with Crippen LogP contribution in [0.4, 0.5) is 52.7 Å². The maximum Gasteiger partial charge on any atom is 0.426 e. The Morgan fingerprint density at radius 2 is 0.828 bits per heavy atom. The third kappa shape index (κ3) is 7.47. The van der Waals surface area contributed by atoms with E-state index >= 15 is 0 Å². The highest BCUT2D eigenvalue weighted by atomic mass is 19.4. The number of alkyl halides is 12. The molecule has 0 bridgehead atoms. The Kier molecular flexibility index (Phi) is 9.98. The summed E-state index contributed by atoms with van der Waals surface area (Å²) in [6.45, 7) is 6.39. The molecule has 0 spiro atoms. The second kappa shape index (κ2) is 9.68. The molecule has 0 aromatic heterocycles. The molecule has 16 heteroatoms. The van der Waals surface area contributed by atoms with Crippen molar-refractivity contribution < 1.29 is 67.7 Å². The third-order valence-electron chi connectivity index (χ3n) is 3.28. The predicted octanol–water partition coefficient (Wildman–Crippen LogP) is 3.66. The Morgan fingerprint density at radius 3 is 0.931 bits per heavy atom. The zero-order chi connectivity index (χ0) is 24.1. The molecule has 0 aromatic rings. The maximum absolute atomic E-state index is 12.2. The number of halogens is 12. The van der Waals surface area contributed by atoms with Gasteiger partial charge < -0.3 is 15.5 Å². The van der Waals surface area contributed by atoms with E-state index in [1.807, 2.05) is 0 Å². The number of aliphatic hydroxyl groups is 2. The molecule has 0 unspecified atom stereocenters. The second-order valence-corrected chi connectivity index (χ2v) is 5.56. The number of carbonyl (C=O) groups excluding carboxylic acids is 1. The molecule has 0 saturated carbocycles. The van der Waals surface area contributed by atoms with Gasteiger partial charge in [-0.2, -0.15) is 52.7 Å². The van der Waals surface area contributed by atoms with E-state index in [2.05, 4.69) is 19.2 Å². The molecular weight excluding hydrogens is 446 g/mol. The summed E-state index contributed by atoms with van der Waals surface area (Å²) in [5.74, 6) is -2.97. The number of nitrogens with one attached hydrogen (secondary N) is 1. The zero-order valence-corrected chi connectivity index (χ0v) is 14.7. The summed E-state index contributed by atoms with van der Waals surface area (Å²) in [6.07, 6.45) is -32.9. The average Bonchev–Trinajstić information content (AvgIpc) is 2.43. The normalized spacial score (nSPS) is 14.3. The van der Waals surface area contributed by atoms with E-state index in [1.54, 1.807) is 0 Å². The van der Waals surface area contributed by atoms with E-state index in [0.29, 0.717) is 0 Å². The molecule has 0 saturated heterocycles. The Morgan fingerprint density at radius 1 is 0.621 bits per heavy atom. The van der Waals surface area contributed by atoms with E-state index in [0.717, 1.165) is 13.1 Å². The molecule has 176 valence electrons. The van der Waals surface area contributed by atoms with E-state index in [9.17, 15) is 57.5 Å². The van der Waals surface area contributed by atoms with Gasteiger partial charge in [0.05, 0.1) is 12.8 Å². The molecule has 0 rings (SSSR count). The van der Waals surface area contributed by atoms with Crippen LogP contribution in [0.1, 0.15) is 26.7 Å². The van der Waals surface area contributed by atoms with Crippen molar-refractivity contribution in [1.29, 1.82) is 0 Å². The predicted molar refractivity (Wildman–Crippen MR) is 72.6 cm³/mol. The lowest BCUT2D eigenvalue weighted by Crippen LogP contribution is -2.61. The molecular formula is C13H17F12NO3. The first-order valence-corrected chi connectivity index (χ1v) is 7.45. The van der Waals surface area contributed by atoms with Gasteiger partial charge in [-0.25, -0.2) is 0 Å². The van der Waals surface area contributed by atoms with Crippen molar-refractivity contribution in [2.75, 3.05) is 13.1 Å². The van der Waals surface area contributed by atoms with Crippen LogP contribution < -0.4 is 5.32 Å². The maximum atomic E-state index is 12.2. The summed E-state index contributed by atoms with van der Waals surface area (Å²) < 4.78 is 147. The van der Waals surface area contributed by atoms with Gasteiger partial charge in [0, 0.05) is 0 Å². The molecule has 3 N–H and O–H groups in total. The molecule has 0 atom stereocenters. The van der Waals surface area contributed by atoms with Crippen molar-refractivity contribution >= 4 is 5.78 Å². The van der Waals surface area contributed by atoms with Crippen molar-refractivity contribution in [3.8, 4) is 0 Å². The first-order chi connectivity index (χ1) is 12.5. The van der Waals surface area contributed by atoms with Crippen LogP contribution in [-0.2, 0) is 4.79 Å². The summed E-state index contributed by atoms with van der Waals surface area (Å²) in [5, 5.41) is 20.2.